The Morgan fingerprint density at radius 3 is 2.75 bits per heavy atom. The van der Waals surface area contributed by atoms with Gasteiger partial charge in [0, 0.05) is 6.54 Å². The van der Waals surface area contributed by atoms with E-state index >= 15 is 0 Å². The number of aromatic hydroxyl groups is 1. The second kappa shape index (κ2) is 4.42. The largest absolute Gasteiger partial charge is 0.508 e. The van der Waals surface area contributed by atoms with Crippen molar-refractivity contribution in [3.05, 3.63) is 29.8 Å². The fraction of sp³-hybridized carbons (Fsp3) is 0.538. The lowest BCUT2D eigenvalue weighted by atomic mass is 9.81. The number of alkyl halides is 1. The zero-order valence-electron chi connectivity index (χ0n) is 9.54. The lowest BCUT2D eigenvalue weighted by Crippen LogP contribution is -2.47. The molecule has 2 rings (SSSR count). The molecule has 1 heterocycles. The summed E-state index contributed by atoms with van der Waals surface area (Å²) >= 11 is 0. The van der Waals surface area contributed by atoms with Gasteiger partial charge in [0.15, 0.2) is 0 Å². The molecule has 2 N–H and O–H groups in total. The molecule has 0 spiro atoms. The number of phenolic OH excluding ortho intramolecular Hbond substituents is 1. The maximum Gasteiger partial charge on any atom is 0.123 e. The Bertz CT molecular complexity index is 347. The van der Waals surface area contributed by atoms with Gasteiger partial charge in [-0.3, -0.25) is 0 Å². The molecule has 0 bridgehead atoms. The van der Waals surface area contributed by atoms with Crippen LogP contribution in [0.2, 0.25) is 0 Å². The minimum absolute atomic E-state index is 0.0679. The second-order valence-corrected chi connectivity index (χ2v) is 4.81. The fourth-order valence-corrected chi connectivity index (χ4v) is 2.29. The van der Waals surface area contributed by atoms with Crippen LogP contribution in [0.4, 0.5) is 4.39 Å². The average molecular weight is 223 g/mol. The summed E-state index contributed by atoms with van der Waals surface area (Å²) in [7, 11) is 0. The molecule has 0 aliphatic carbocycles. The molecular weight excluding hydrogens is 205 g/mol. The molecule has 3 heteroatoms. The van der Waals surface area contributed by atoms with Crippen molar-refractivity contribution in [2.45, 2.75) is 25.4 Å². The van der Waals surface area contributed by atoms with E-state index in [1.807, 2.05) is 12.1 Å². The van der Waals surface area contributed by atoms with Gasteiger partial charge in [-0.1, -0.05) is 12.1 Å². The van der Waals surface area contributed by atoms with E-state index in [9.17, 15) is 9.50 Å². The number of hydrogen-bond acceptors (Lipinski definition) is 2. The van der Waals surface area contributed by atoms with Crippen LogP contribution in [0.5, 0.6) is 5.75 Å². The molecule has 16 heavy (non-hydrogen) atoms. The molecule has 1 aromatic carbocycles. The number of piperidine rings is 1. The predicted octanol–water partition coefficient (Wildman–Crippen LogP) is 2.27. The summed E-state index contributed by atoms with van der Waals surface area (Å²) in [6, 6.07) is 7.05. The van der Waals surface area contributed by atoms with Gasteiger partial charge in [0.2, 0.25) is 0 Å². The maximum atomic E-state index is 14.2. The number of halogens is 1. The summed E-state index contributed by atoms with van der Waals surface area (Å²) in [5, 5.41) is 12.3. The number of rotatable bonds is 2. The van der Waals surface area contributed by atoms with Gasteiger partial charge in [-0.25, -0.2) is 4.39 Å². The lowest BCUT2D eigenvalue weighted by Gasteiger charge is -2.35. The van der Waals surface area contributed by atoms with Crippen LogP contribution in [-0.4, -0.2) is 23.9 Å². The van der Waals surface area contributed by atoms with Gasteiger partial charge in [-0.15, -0.1) is 0 Å². The summed E-state index contributed by atoms with van der Waals surface area (Å²) in [5.74, 6) is 0.329. The molecule has 1 saturated heterocycles. The van der Waals surface area contributed by atoms with Crippen molar-refractivity contribution in [1.82, 2.24) is 5.32 Å². The standard InChI is InChI=1S/C13H18FNO/c1-13(14)9-15-7-6-11(13)8-10-2-4-12(16)5-3-10/h2-5,11,15-16H,6-9H2,1H3. The summed E-state index contributed by atoms with van der Waals surface area (Å²) in [4.78, 5) is 0. The molecular formula is C13H18FNO. The van der Waals surface area contributed by atoms with E-state index in [0.29, 0.717) is 6.54 Å². The van der Waals surface area contributed by atoms with Crippen LogP contribution in [0.25, 0.3) is 0 Å². The first-order valence-corrected chi connectivity index (χ1v) is 5.75. The van der Waals surface area contributed by atoms with E-state index in [4.69, 9.17) is 0 Å². The smallest absolute Gasteiger partial charge is 0.123 e. The van der Waals surface area contributed by atoms with Crippen molar-refractivity contribution >= 4 is 0 Å². The zero-order valence-corrected chi connectivity index (χ0v) is 9.54. The third kappa shape index (κ3) is 2.53. The fourth-order valence-electron chi connectivity index (χ4n) is 2.29. The first-order valence-electron chi connectivity index (χ1n) is 5.75. The Hall–Kier alpha value is -1.09. The molecule has 2 unspecified atom stereocenters. The SMILES string of the molecule is CC1(F)CNCCC1Cc1ccc(O)cc1. The van der Waals surface area contributed by atoms with Crippen molar-refractivity contribution < 1.29 is 9.50 Å². The predicted molar refractivity (Wildman–Crippen MR) is 62.3 cm³/mol. The van der Waals surface area contributed by atoms with Crippen molar-refractivity contribution in [2.75, 3.05) is 13.1 Å². The van der Waals surface area contributed by atoms with Gasteiger partial charge in [0.25, 0.3) is 0 Å². The Balaban J connectivity index is 2.05. The monoisotopic (exact) mass is 223 g/mol. The minimum Gasteiger partial charge on any atom is -0.508 e. The molecule has 2 nitrogen and oxygen atoms in total. The van der Waals surface area contributed by atoms with Crippen LogP contribution in [0.15, 0.2) is 24.3 Å². The molecule has 0 saturated carbocycles. The van der Waals surface area contributed by atoms with Crippen molar-refractivity contribution in [3.8, 4) is 5.75 Å². The Labute approximate surface area is 95.5 Å². The molecule has 0 aromatic heterocycles. The van der Waals surface area contributed by atoms with Crippen LogP contribution < -0.4 is 5.32 Å². The third-order valence-corrected chi connectivity index (χ3v) is 3.41. The number of benzene rings is 1. The van der Waals surface area contributed by atoms with E-state index in [-0.39, 0.29) is 11.7 Å². The zero-order chi connectivity index (χ0) is 11.6. The summed E-state index contributed by atoms with van der Waals surface area (Å²) in [6.07, 6.45) is 1.61. The molecule has 1 aromatic rings. The van der Waals surface area contributed by atoms with E-state index in [1.165, 1.54) is 0 Å². The molecule has 1 aliphatic rings. The average Bonchev–Trinajstić information content (AvgIpc) is 2.24. The van der Waals surface area contributed by atoms with Gasteiger partial charge < -0.3 is 10.4 Å². The van der Waals surface area contributed by atoms with Crippen LogP contribution in [0.1, 0.15) is 18.9 Å². The Morgan fingerprint density at radius 1 is 1.44 bits per heavy atom. The van der Waals surface area contributed by atoms with Gasteiger partial charge >= 0.3 is 0 Å². The normalized spacial score (nSPS) is 30.2. The van der Waals surface area contributed by atoms with Gasteiger partial charge in [-0.05, 0) is 49.9 Å². The number of phenols is 1. The molecule has 0 radical (unpaired) electrons. The highest BCUT2D eigenvalue weighted by atomic mass is 19.1. The Morgan fingerprint density at radius 2 is 2.12 bits per heavy atom. The van der Waals surface area contributed by atoms with E-state index in [1.54, 1.807) is 19.1 Å². The van der Waals surface area contributed by atoms with E-state index in [2.05, 4.69) is 5.32 Å². The highest BCUT2D eigenvalue weighted by Crippen LogP contribution is 2.30. The summed E-state index contributed by atoms with van der Waals surface area (Å²) < 4.78 is 14.2. The van der Waals surface area contributed by atoms with E-state index in [0.717, 1.165) is 24.9 Å². The first kappa shape index (κ1) is 11.4. The van der Waals surface area contributed by atoms with Crippen LogP contribution in [-0.2, 0) is 6.42 Å². The minimum atomic E-state index is -1.13. The maximum absolute atomic E-state index is 14.2. The highest BCUT2D eigenvalue weighted by molar-refractivity contribution is 5.26. The summed E-state index contributed by atoms with van der Waals surface area (Å²) in [5.41, 5.74) is -0.0376. The van der Waals surface area contributed by atoms with Gasteiger partial charge in [0.05, 0.1) is 0 Å². The van der Waals surface area contributed by atoms with Gasteiger partial charge in [0.1, 0.15) is 11.4 Å². The van der Waals surface area contributed by atoms with E-state index < -0.39 is 5.67 Å². The van der Waals surface area contributed by atoms with Crippen molar-refractivity contribution in [1.29, 1.82) is 0 Å². The quantitative estimate of drug-likeness (QED) is 0.806. The van der Waals surface area contributed by atoms with Crippen LogP contribution in [0, 0.1) is 5.92 Å². The molecule has 1 aliphatic heterocycles. The molecule has 1 fully saturated rings. The highest BCUT2D eigenvalue weighted by Gasteiger charge is 2.36. The van der Waals surface area contributed by atoms with Crippen LogP contribution >= 0.6 is 0 Å². The summed E-state index contributed by atoms with van der Waals surface area (Å²) in [6.45, 7) is 3.00. The van der Waals surface area contributed by atoms with Gasteiger partial charge in [-0.2, -0.15) is 0 Å². The molecule has 88 valence electrons. The Kier molecular flexibility index (Phi) is 3.15. The molecule has 2 atom stereocenters. The van der Waals surface area contributed by atoms with Crippen LogP contribution in [0.3, 0.4) is 0 Å². The number of nitrogens with one attached hydrogen (secondary N) is 1. The first-order chi connectivity index (χ1) is 7.58. The van der Waals surface area contributed by atoms with Crippen molar-refractivity contribution in [3.63, 3.8) is 0 Å². The van der Waals surface area contributed by atoms with Crippen molar-refractivity contribution in [2.24, 2.45) is 5.92 Å². The number of hydrogen-bond donors (Lipinski definition) is 2. The molecule has 0 amide bonds. The second-order valence-electron chi connectivity index (χ2n) is 4.81. The topological polar surface area (TPSA) is 32.3 Å². The lowest BCUT2D eigenvalue weighted by molar-refractivity contribution is 0.0712. The third-order valence-electron chi connectivity index (χ3n) is 3.41.